The third-order valence-corrected chi connectivity index (χ3v) is 4.51. The van der Waals surface area contributed by atoms with Crippen molar-refractivity contribution in [3.8, 4) is 5.75 Å². The van der Waals surface area contributed by atoms with Crippen molar-refractivity contribution in [3.05, 3.63) is 29.8 Å². The van der Waals surface area contributed by atoms with Crippen molar-refractivity contribution in [1.82, 2.24) is 9.80 Å². The predicted octanol–water partition coefficient (Wildman–Crippen LogP) is 4.07. The average Bonchev–Trinajstić information content (AvgIpc) is 2.56. The number of benzene rings is 1. The number of amides is 1. The number of nitrogens with zero attached hydrogens (tertiary/aromatic N) is 2. The highest BCUT2D eigenvalue weighted by Crippen LogP contribution is 2.26. The molecule has 1 aliphatic heterocycles. The molecule has 1 heterocycles. The van der Waals surface area contributed by atoms with E-state index >= 15 is 0 Å². The maximum absolute atomic E-state index is 12.1. The molecule has 4 heteroatoms. The molecule has 0 bridgehead atoms. The summed E-state index contributed by atoms with van der Waals surface area (Å²) in [5, 5.41) is 0. The van der Waals surface area contributed by atoms with E-state index in [1.807, 2.05) is 32.0 Å². The lowest BCUT2D eigenvalue weighted by Gasteiger charge is -2.32. The van der Waals surface area contributed by atoms with Gasteiger partial charge < -0.3 is 9.64 Å². The number of likely N-dealkylation sites (tertiary alicyclic amines) is 1. The molecule has 1 unspecified atom stereocenters. The van der Waals surface area contributed by atoms with Crippen LogP contribution in [0, 0.1) is 0 Å². The van der Waals surface area contributed by atoms with Crippen molar-refractivity contribution in [1.29, 1.82) is 0 Å². The van der Waals surface area contributed by atoms with Gasteiger partial charge in [-0.15, -0.1) is 0 Å². The second kappa shape index (κ2) is 8.18. The molecular formula is C18H28N2O2. The zero-order valence-electron chi connectivity index (χ0n) is 14.0. The van der Waals surface area contributed by atoms with Crippen LogP contribution in [0.1, 0.15) is 51.6 Å². The Morgan fingerprint density at radius 3 is 2.55 bits per heavy atom. The fraction of sp³-hybridized carbons (Fsp3) is 0.611. The Kier molecular flexibility index (Phi) is 6.25. The van der Waals surface area contributed by atoms with Crippen LogP contribution in [0.4, 0.5) is 4.79 Å². The fourth-order valence-corrected chi connectivity index (χ4v) is 3.00. The number of hydrogen-bond acceptors (Lipinski definition) is 3. The topological polar surface area (TPSA) is 32.8 Å². The highest BCUT2D eigenvalue weighted by molar-refractivity contribution is 5.70. The van der Waals surface area contributed by atoms with Crippen LogP contribution in [-0.2, 0) is 0 Å². The first-order valence-corrected chi connectivity index (χ1v) is 8.46. The van der Waals surface area contributed by atoms with Gasteiger partial charge in [0.1, 0.15) is 5.75 Å². The molecule has 1 aromatic carbocycles. The average molecular weight is 304 g/mol. The molecule has 2 rings (SSSR count). The Morgan fingerprint density at radius 1 is 1.23 bits per heavy atom. The predicted molar refractivity (Wildman–Crippen MR) is 89.2 cm³/mol. The third kappa shape index (κ3) is 4.23. The van der Waals surface area contributed by atoms with Crippen LogP contribution in [0.2, 0.25) is 0 Å². The van der Waals surface area contributed by atoms with Gasteiger partial charge in [-0.05, 0) is 64.4 Å². The van der Waals surface area contributed by atoms with Crippen molar-refractivity contribution in [3.63, 3.8) is 0 Å². The minimum absolute atomic E-state index is 0.271. The van der Waals surface area contributed by atoms with Crippen LogP contribution < -0.4 is 4.74 Å². The number of carbonyl (C=O) groups excluding carboxylic acids is 1. The van der Waals surface area contributed by atoms with Crippen molar-refractivity contribution >= 4 is 6.09 Å². The second-order valence-corrected chi connectivity index (χ2v) is 5.89. The van der Waals surface area contributed by atoms with Crippen LogP contribution in [0.15, 0.2) is 24.3 Å². The quantitative estimate of drug-likeness (QED) is 0.822. The molecule has 0 saturated carbocycles. The van der Waals surface area contributed by atoms with Crippen LogP contribution in [0.3, 0.4) is 0 Å². The largest absolute Gasteiger partial charge is 0.415 e. The lowest BCUT2D eigenvalue weighted by molar-refractivity contribution is 0.156. The first-order valence-electron chi connectivity index (χ1n) is 8.46. The summed E-state index contributed by atoms with van der Waals surface area (Å²) in [7, 11) is 0. The first-order chi connectivity index (χ1) is 10.7. The maximum atomic E-state index is 12.1. The van der Waals surface area contributed by atoms with Gasteiger partial charge in [-0.2, -0.15) is 0 Å². The van der Waals surface area contributed by atoms with Gasteiger partial charge in [0.15, 0.2) is 0 Å². The number of ether oxygens (including phenoxy) is 1. The van der Waals surface area contributed by atoms with Crippen molar-refractivity contribution in [2.45, 2.75) is 46.1 Å². The van der Waals surface area contributed by atoms with Gasteiger partial charge in [-0.1, -0.05) is 18.6 Å². The van der Waals surface area contributed by atoms with Gasteiger partial charge in [0.05, 0.1) is 0 Å². The molecule has 22 heavy (non-hydrogen) atoms. The SMILES string of the molecule is CCN(CC)C(=O)Oc1cccc(C(C)N2CCCCC2)c1. The first kappa shape index (κ1) is 16.8. The molecule has 122 valence electrons. The van der Waals surface area contributed by atoms with Gasteiger partial charge >= 0.3 is 6.09 Å². The van der Waals surface area contributed by atoms with Gasteiger partial charge in [-0.25, -0.2) is 4.79 Å². The molecule has 1 saturated heterocycles. The minimum atomic E-state index is -0.271. The summed E-state index contributed by atoms with van der Waals surface area (Å²) in [4.78, 5) is 16.2. The van der Waals surface area contributed by atoms with E-state index < -0.39 is 0 Å². The molecule has 4 nitrogen and oxygen atoms in total. The van der Waals surface area contributed by atoms with Gasteiger partial charge in [0.2, 0.25) is 0 Å². The van der Waals surface area contributed by atoms with Crippen molar-refractivity contribution in [2.24, 2.45) is 0 Å². The van der Waals surface area contributed by atoms with E-state index in [0.717, 1.165) is 13.1 Å². The smallest absolute Gasteiger partial charge is 0.410 e. The molecule has 1 fully saturated rings. The van der Waals surface area contributed by atoms with Gasteiger partial charge in [-0.3, -0.25) is 4.90 Å². The Balaban J connectivity index is 2.04. The van der Waals surface area contributed by atoms with Crippen LogP contribution in [-0.4, -0.2) is 42.1 Å². The molecule has 1 amide bonds. The van der Waals surface area contributed by atoms with E-state index in [4.69, 9.17) is 4.74 Å². The monoisotopic (exact) mass is 304 g/mol. The van der Waals surface area contributed by atoms with E-state index in [1.54, 1.807) is 4.90 Å². The Hall–Kier alpha value is -1.55. The number of hydrogen-bond donors (Lipinski definition) is 0. The standard InChI is InChI=1S/C18H28N2O2/c1-4-19(5-2)18(21)22-17-11-9-10-16(14-17)15(3)20-12-7-6-8-13-20/h9-11,14-15H,4-8,12-13H2,1-3H3. The zero-order chi connectivity index (χ0) is 15.9. The normalized spacial score (nSPS) is 17.0. The molecule has 0 spiro atoms. The molecule has 0 N–H and O–H groups in total. The second-order valence-electron chi connectivity index (χ2n) is 5.89. The minimum Gasteiger partial charge on any atom is -0.410 e. The highest BCUT2D eigenvalue weighted by Gasteiger charge is 2.19. The molecule has 1 aliphatic rings. The third-order valence-electron chi connectivity index (χ3n) is 4.51. The summed E-state index contributed by atoms with van der Waals surface area (Å²) in [6.07, 6.45) is 3.62. The summed E-state index contributed by atoms with van der Waals surface area (Å²) in [5.74, 6) is 0.637. The van der Waals surface area contributed by atoms with E-state index in [-0.39, 0.29) is 6.09 Å². The lowest BCUT2D eigenvalue weighted by Crippen LogP contribution is -2.33. The fourth-order valence-electron chi connectivity index (χ4n) is 3.00. The highest BCUT2D eigenvalue weighted by atomic mass is 16.6. The van der Waals surface area contributed by atoms with Crippen LogP contribution in [0.5, 0.6) is 5.75 Å². The van der Waals surface area contributed by atoms with Crippen molar-refractivity contribution < 1.29 is 9.53 Å². The maximum Gasteiger partial charge on any atom is 0.415 e. The lowest BCUT2D eigenvalue weighted by atomic mass is 10.0. The number of piperidine rings is 1. The van der Waals surface area contributed by atoms with Gasteiger partial charge in [0.25, 0.3) is 0 Å². The van der Waals surface area contributed by atoms with E-state index in [9.17, 15) is 4.79 Å². The molecule has 0 radical (unpaired) electrons. The zero-order valence-corrected chi connectivity index (χ0v) is 14.0. The summed E-state index contributed by atoms with van der Waals surface area (Å²) < 4.78 is 5.50. The molecule has 0 aromatic heterocycles. The molecule has 1 atom stereocenters. The van der Waals surface area contributed by atoms with Gasteiger partial charge in [0, 0.05) is 19.1 Å². The Labute approximate surface area is 134 Å². The van der Waals surface area contributed by atoms with Crippen LogP contribution >= 0.6 is 0 Å². The van der Waals surface area contributed by atoms with E-state index in [0.29, 0.717) is 24.9 Å². The molecule has 0 aliphatic carbocycles. The summed E-state index contributed by atoms with van der Waals surface area (Å²) >= 11 is 0. The Bertz CT molecular complexity index is 480. The summed E-state index contributed by atoms with van der Waals surface area (Å²) in [5.41, 5.74) is 1.21. The van der Waals surface area contributed by atoms with Crippen molar-refractivity contribution in [2.75, 3.05) is 26.2 Å². The van der Waals surface area contributed by atoms with Crippen LogP contribution in [0.25, 0.3) is 0 Å². The number of carbonyl (C=O) groups is 1. The molecule has 1 aromatic rings. The van der Waals surface area contributed by atoms with E-state index in [1.165, 1.54) is 24.8 Å². The summed E-state index contributed by atoms with van der Waals surface area (Å²) in [6.45, 7) is 9.80. The molecular weight excluding hydrogens is 276 g/mol. The summed E-state index contributed by atoms with van der Waals surface area (Å²) in [6, 6.07) is 8.32. The Morgan fingerprint density at radius 2 is 1.91 bits per heavy atom. The van der Waals surface area contributed by atoms with E-state index in [2.05, 4.69) is 17.9 Å². The number of rotatable bonds is 5.